The third kappa shape index (κ3) is 36.8. The summed E-state index contributed by atoms with van der Waals surface area (Å²) in [4.78, 5) is 25.5. The predicted molar refractivity (Wildman–Crippen MR) is 261 cm³/mol. The van der Waals surface area contributed by atoms with Gasteiger partial charge in [-0.05, 0) is 44.9 Å². The van der Waals surface area contributed by atoms with Crippen LogP contribution >= 0.6 is 0 Å². The molecule has 0 bridgehead atoms. The number of ether oxygens (including phenoxy) is 4. The number of esters is 2. The molecule has 0 aliphatic carbocycles. The van der Waals surface area contributed by atoms with Gasteiger partial charge in [-0.15, -0.1) is 0 Å². The molecule has 0 aromatic carbocycles. The molecule has 1 fully saturated rings. The van der Waals surface area contributed by atoms with Crippen molar-refractivity contribution < 1.29 is 56.8 Å². The Bertz CT molecular complexity index is 1290. The van der Waals surface area contributed by atoms with Gasteiger partial charge in [-0.1, -0.05) is 205 Å². The van der Waals surface area contributed by atoms with E-state index >= 15 is 0 Å². The van der Waals surface area contributed by atoms with Gasteiger partial charge in [0.2, 0.25) is 0 Å². The van der Waals surface area contributed by atoms with Crippen molar-refractivity contribution in [3.05, 3.63) is 24.3 Å². The molecular weight excluding hydrogens is 849 g/mol. The Morgan fingerprint density at radius 3 is 1.37 bits per heavy atom. The third-order valence-corrected chi connectivity index (χ3v) is 13.0. The second kappa shape index (κ2) is 42.2. The van der Waals surface area contributed by atoms with Crippen LogP contribution in [-0.2, 0) is 38.7 Å². The Labute approximate surface area is 396 Å². The zero-order valence-corrected chi connectivity index (χ0v) is 41.9. The van der Waals surface area contributed by atoms with Crippen LogP contribution in [0.25, 0.3) is 0 Å². The molecule has 0 saturated carbocycles. The zero-order chi connectivity index (χ0) is 47.6. The molecule has 12 nitrogen and oxygen atoms in total. The largest absolute Gasteiger partial charge is 0.462 e. The van der Waals surface area contributed by atoms with Crippen LogP contribution in [0.1, 0.15) is 239 Å². The quantitative estimate of drug-likeness (QED) is 0.0196. The maximum atomic E-state index is 12.9. The van der Waals surface area contributed by atoms with Crippen LogP contribution in [0.2, 0.25) is 0 Å². The molecular formula is C52H96O12S. The highest BCUT2D eigenvalue weighted by Gasteiger charge is 2.46. The maximum Gasteiger partial charge on any atom is 0.306 e. The van der Waals surface area contributed by atoms with Crippen LogP contribution in [0.3, 0.4) is 0 Å². The van der Waals surface area contributed by atoms with Crippen molar-refractivity contribution in [2.75, 3.05) is 19.0 Å². The summed E-state index contributed by atoms with van der Waals surface area (Å²) >= 11 is 0. The van der Waals surface area contributed by atoms with E-state index in [0.717, 1.165) is 38.5 Å². The summed E-state index contributed by atoms with van der Waals surface area (Å²) < 4.78 is 54.2. The summed E-state index contributed by atoms with van der Waals surface area (Å²) in [5.74, 6) is -2.02. The van der Waals surface area contributed by atoms with Crippen molar-refractivity contribution in [3.63, 3.8) is 0 Å². The van der Waals surface area contributed by atoms with Gasteiger partial charge < -0.3 is 34.3 Å². The molecule has 1 rings (SSSR count). The van der Waals surface area contributed by atoms with Crippen LogP contribution in [0.15, 0.2) is 24.3 Å². The minimum absolute atomic E-state index is 0.108. The predicted octanol–water partition coefficient (Wildman–Crippen LogP) is 12.0. The molecule has 1 saturated heterocycles. The van der Waals surface area contributed by atoms with Crippen LogP contribution in [-0.4, -0.2) is 96.0 Å². The van der Waals surface area contributed by atoms with E-state index in [1.807, 2.05) is 0 Å². The summed E-state index contributed by atoms with van der Waals surface area (Å²) in [5.41, 5.74) is 0. The van der Waals surface area contributed by atoms with Crippen molar-refractivity contribution in [1.82, 2.24) is 0 Å². The minimum Gasteiger partial charge on any atom is -0.462 e. The Morgan fingerprint density at radius 2 is 0.908 bits per heavy atom. The first-order chi connectivity index (χ1) is 31.5. The van der Waals surface area contributed by atoms with E-state index in [-0.39, 0.29) is 19.4 Å². The number of rotatable bonds is 45. The number of hydrogen-bond acceptors (Lipinski definition) is 11. The normalized spacial score (nSPS) is 19.6. The van der Waals surface area contributed by atoms with Crippen LogP contribution in [0.5, 0.6) is 0 Å². The van der Waals surface area contributed by atoms with E-state index in [1.165, 1.54) is 154 Å². The third-order valence-electron chi connectivity index (χ3n) is 12.3. The van der Waals surface area contributed by atoms with Crippen molar-refractivity contribution in [2.45, 2.75) is 275 Å². The summed E-state index contributed by atoms with van der Waals surface area (Å²) in [7, 11) is -4.61. The molecule has 0 aromatic rings. The van der Waals surface area contributed by atoms with Gasteiger partial charge in [0, 0.05) is 12.8 Å². The Kier molecular flexibility index (Phi) is 39.7. The lowest BCUT2D eigenvalue weighted by atomic mass is 10.00. The summed E-state index contributed by atoms with van der Waals surface area (Å²) in [6, 6.07) is 0. The van der Waals surface area contributed by atoms with Crippen molar-refractivity contribution in [3.8, 4) is 0 Å². The standard InChI is InChI=1S/C52H96O12S/c1-3-5-7-9-11-13-15-17-19-20-21-22-23-24-25-26-27-29-31-33-35-37-39-41-48(54)63-45(43-62-52-51(57)50(56)49(55)46(64-52)44-65(58,59)60)42-61-47(53)40-38-36-34-32-30-28-18-16-14-12-10-8-6-4-2/h26-27,33,35,45-46,49-52,55-57H,3-25,28-32,34,36-44H2,1-2H3,(H,58,59,60)/b27-26+,35-33+/t45-,46-,49-,50?,51?,52+/m1/s1. The van der Waals surface area contributed by atoms with Gasteiger partial charge in [-0.2, -0.15) is 8.42 Å². The highest BCUT2D eigenvalue weighted by Crippen LogP contribution is 2.24. The fourth-order valence-electron chi connectivity index (χ4n) is 8.17. The van der Waals surface area contributed by atoms with Crippen LogP contribution in [0, 0.1) is 0 Å². The van der Waals surface area contributed by atoms with Gasteiger partial charge in [0.25, 0.3) is 10.1 Å². The van der Waals surface area contributed by atoms with Crippen LogP contribution < -0.4 is 0 Å². The fraction of sp³-hybridized carbons (Fsp3) is 0.885. The smallest absolute Gasteiger partial charge is 0.306 e. The number of hydrogen-bond donors (Lipinski definition) is 4. The Morgan fingerprint density at radius 1 is 0.508 bits per heavy atom. The van der Waals surface area contributed by atoms with E-state index in [1.54, 1.807) is 0 Å². The molecule has 1 aliphatic rings. The summed E-state index contributed by atoms with van der Waals surface area (Å²) in [6.07, 6.45) is 39.5. The number of allylic oxidation sites excluding steroid dienone is 4. The molecule has 0 aromatic heterocycles. The molecule has 2 unspecified atom stereocenters. The maximum absolute atomic E-state index is 12.9. The average Bonchev–Trinajstić information content (AvgIpc) is 3.27. The molecule has 6 atom stereocenters. The fourth-order valence-corrected chi connectivity index (χ4v) is 8.86. The monoisotopic (exact) mass is 945 g/mol. The van der Waals surface area contributed by atoms with Gasteiger partial charge in [-0.25, -0.2) is 0 Å². The first kappa shape index (κ1) is 61.1. The minimum atomic E-state index is -4.61. The molecule has 0 radical (unpaired) electrons. The average molecular weight is 945 g/mol. The van der Waals surface area contributed by atoms with E-state index in [4.69, 9.17) is 18.9 Å². The van der Waals surface area contributed by atoms with Gasteiger partial charge in [0.15, 0.2) is 12.4 Å². The van der Waals surface area contributed by atoms with E-state index in [2.05, 4.69) is 38.2 Å². The number of carbonyl (C=O) groups excluding carboxylic acids is 2. The Hall–Kier alpha value is -1.87. The number of unbranched alkanes of at least 4 members (excludes halogenated alkanes) is 29. The Balaban J connectivity index is 2.37. The molecule has 13 heteroatoms. The van der Waals surface area contributed by atoms with Crippen molar-refractivity contribution >= 4 is 22.1 Å². The molecule has 1 heterocycles. The molecule has 1 aliphatic heterocycles. The number of aliphatic hydroxyl groups excluding tert-OH is 3. The van der Waals surface area contributed by atoms with E-state index in [0.29, 0.717) is 19.3 Å². The number of aliphatic hydroxyl groups is 3. The second-order valence-electron chi connectivity index (χ2n) is 18.5. The van der Waals surface area contributed by atoms with E-state index < -0.39 is 71.2 Å². The highest BCUT2D eigenvalue weighted by molar-refractivity contribution is 7.85. The molecule has 65 heavy (non-hydrogen) atoms. The lowest BCUT2D eigenvalue weighted by Crippen LogP contribution is -2.60. The SMILES string of the molecule is CCCCCCCCCCCCCCCC/C=C/CC/C=C/CCCC(=O)O[C@H](COC(=O)CCCCCCCCCCCCCCCC)CO[C@H]1O[C@H](CS(=O)(=O)O)[C@@H](O)C(O)C1O. The lowest BCUT2D eigenvalue weighted by Gasteiger charge is -2.40. The first-order valence-corrected chi connectivity index (χ1v) is 28.0. The van der Waals surface area contributed by atoms with Gasteiger partial charge in [0.05, 0.1) is 6.61 Å². The molecule has 0 amide bonds. The highest BCUT2D eigenvalue weighted by atomic mass is 32.2. The van der Waals surface area contributed by atoms with Crippen LogP contribution in [0.4, 0.5) is 0 Å². The number of carbonyl (C=O) groups is 2. The van der Waals surface area contributed by atoms with Gasteiger partial charge >= 0.3 is 11.9 Å². The molecule has 382 valence electrons. The first-order valence-electron chi connectivity index (χ1n) is 26.4. The molecule has 0 spiro atoms. The molecule has 4 N–H and O–H groups in total. The topological polar surface area (TPSA) is 186 Å². The van der Waals surface area contributed by atoms with E-state index in [9.17, 15) is 37.9 Å². The zero-order valence-electron chi connectivity index (χ0n) is 41.1. The van der Waals surface area contributed by atoms with Crippen molar-refractivity contribution in [1.29, 1.82) is 0 Å². The van der Waals surface area contributed by atoms with Crippen molar-refractivity contribution in [2.24, 2.45) is 0 Å². The summed E-state index contributed by atoms with van der Waals surface area (Å²) in [5, 5.41) is 31.0. The lowest BCUT2D eigenvalue weighted by molar-refractivity contribution is -0.297. The second-order valence-corrected chi connectivity index (χ2v) is 20.0. The van der Waals surface area contributed by atoms with Gasteiger partial charge in [0.1, 0.15) is 36.8 Å². The summed E-state index contributed by atoms with van der Waals surface area (Å²) in [6.45, 7) is 3.77. The van der Waals surface area contributed by atoms with Gasteiger partial charge in [-0.3, -0.25) is 14.1 Å².